The zero-order chi connectivity index (χ0) is 26.7. The van der Waals surface area contributed by atoms with Crippen LogP contribution in [0.4, 0.5) is 32.6 Å². The highest BCUT2D eigenvalue weighted by Gasteiger charge is 2.65. The van der Waals surface area contributed by atoms with Crippen molar-refractivity contribution in [1.82, 2.24) is 0 Å². The first-order chi connectivity index (χ1) is 15.8. The first-order valence-electron chi connectivity index (χ1n) is 9.21. The molecule has 0 fully saturated rings. The molecule has 1 aromatic carbocycles. The van der Waals surface area contributed by atoms with Crippen LogP contribution in [0.2, 0.25) is 0 Å². The van der Waals surface area contributed by atoms with Crippen LogP contribution in [0.1, 0.15) is 18.4 Å². The molecule has 18 heteroatoms. The zero-order valence-electron chi connectivity index (χ0n) is 17.1. The monoisotopic (exact) mass is 545 g/mol. The molecule has 0 bridgehead atoms. The van der Waals surface area contributed by atoms with Crippen LogP contribution >= 0.6 is 10.2 Å². The highest BCUT2D eigenvalue weighted by atomic mass is 32.5. The molecule has 0 saturated heterocycles. The van der Waals surface area contributed by atoms with Crippen LogP contribution in [-0.2, 0) is 23.9 Å². The molecule has 0 N–H and O–H groups in total. The van der Waals surface area contributed by atoms with Crippen molar-refractivity contribution in [1.29, 1.82) is 0 Å². The van der Waals surface area contributed by atoms with Crippen molar-refractivity contribution < 1.29 is 66.3 Å². The van der Waals surface area contributed by atoms with Crippen molar-refractivity contribution in [2.75, 3.05) is 19.8 Å². The summed E-state index contributed by atoms with van der Waals surface area (Å²) < 4.78 is 119. The smallest absolute Gasteiger partial charge is 0.430 e. The van der Waals surface area contributed by atoms with Gasteiger partial charge < -0.3 is 19.0 Å². The third kappa shape index (κ3) is 8.15. The van der Waals surface area contributed by atoms with Gasteiger partial charge in [-0.3, -0.25) is 4.79 Å². The molecule has 0 aromatic heterocycles. The lowest BCUT2D eigenvalue weighted by Crippen LogP contribution is -2.41. The second-order valence-corrected chi connectivity index (χ2v) is 9.23. The van der Waals surface area contributed by atoms with Gasteiger partial charge in [0.1, 0.15) is 23.9 Å². The van der Waals surface area contributed by atoms with Gasteiger partial charge >= 0.3 is 28.3 Å². The summed E-state index contributed by atoms with van der Waals surface area (Å²) >= 11 is 0. The standard InChI is InChI=1S/C17H15F8NO8S/c18-17(19,20)15-12(16(28)32-7-6-31-14(27)2-1-5-33-26(29)30)9-10-8-11(3-4-13(10)34-15)35(21,22,23,24)25/h3-4,8-9,15H,1-2,5-7H2/t15-/m0/s1. The maximum absolute atomic E-state index is 13.3. The highest BCUT2D eigenvalue weighted by Crippen LogP contribution is 3.02. The molecule has 0 radical (unpaired) electrons. The van der Waals surface area contributed by atoms with Gasteiger partial charge in [0.25, 0.3) is 5.09 Å². The molecule has 0 amide bonds. The lowest BCUT2D eigenvalue weighted by Gasteiger charge is -2.41. The summed E-state index contributed by atoms with van der Waals surface area (Å²) in [5, 5.41) is 8.86. The van der Waals surface area contributed by atoms with E-state index < -0.39 is 81.1 Å². The van der Waals surface area contributed by atoms with E-state index in [1.165, 1.54) is 0 Å². The summed E-state index contributed by atoms with van der Waals surface area (Å²) in [5.74, 6) is -3.45. The van der Waals surface area contributed by atoms with E-state index >= 15 is 0 Å². The fourth-order valence-electron chi connectivity index (χ4n) is 2.63. The largest absolute Gasteiger partial charge is 0.475 e. The minimum Gasteiger partial charge on any atom is -0.475 e. The molecular weight excluding hydrogens is 530 g/mol. The number of carbonyl (C=O) groups excluding carboxylic acids is 2. The van der Waals surface area contributed by atoms with Gasteiger partial charge in [-0.05, 0) is 30.7 Å². The first kappa shape index (κ1) is 27.9. The summed E-state index contributed by atoms with van der Waals surface area (Å²) in [6.45, 7) is -1.83. The van der Waals surface area contributed by atoms with Gasteiger partial charge in [0.15, 0.2) is 0 Å². The molecule has 1 heterocycles. The summed E-state index contributed by atoms with van der Waals surface area (Å²) in [7, 11) is -10.2. The van der Waals surface area contributed by atoms with Crippen LogP contribution in [-0.4, -0.2) is 49.1 Å². The number of esters is 2. The molecule has 0 aliphatic carbocycles. The van der Waals surface area contributed by atoms with Crippen molar-refractivity contribution in [2.24, 2.45) is 0 Å². The molecule has 0 saturated carbocycles. The topological polar surface area (TPSA) is 114 Å². The Morgan fingerprint density at radius 2 is 1.69 bits per heavy atom. The number of alkyl halides is 3. The SMILES string of the molecule is O=C(CCCO[N+](=O)[O-])OCCOC(=O)C1=Cc2cc(S(F)(F)(F)(F)F)ccc2O[C@@H]1C(F)(F)F. The molecule has 1 atom stereocenters. The third-order valence-electron chi connectivity index (χ3n) is 4.10. The molecule has 2 rings (SSSR count). The number of fused-ring (bicyclic) bond motifs is 1. The zero-order valence-corrected chi connectivity index (χ0v) is 17.9. The molecule has 1 aromatic rings. The lowest BCUT2D eigenvalue weighted by atomic mass is 10.0. The second kappa shape index (κ2) is 9.04. The molecule has 9 nitrogen and oxygen atoms in total. The number of rotatable bonds is 10. The number of nitrogens with zero attached hydrogens (tertiary/aromatic N) is 1. The van der Waals surface area contributed by atoms with Crippen molar-refractivity contribution in [3.63, 3.8) is 0 Å². The van der Waals surface area contributed by atoms with Gasteiger partial charge in [-0.15, -0.1) is 10.1 Å². The van der Waals surface area contributed by atoms with Gasteiger partial charge in [0, 0.05) is 12.0 Å². The van der Waals surface area contributed by atoms with Crippen LogP contribution in [0, 0.1) is 10.1 Å². The Hall–Kier alpha value is -3.31. The second-order valence-electron chi connectivity index (χ2n) is 6.82. The van der Waals surface area contributed by atoms with Crippen LogP contribution in [0.5, 0.6) is 5.75 Å². The third-order valence-corrected chi connectivity index (χ3v) is 5.24. The van der Waals surface area contributed by atoms with E-state index in [9.17, 15) is 52.3 Å². The number of carbonyl (C=O) groups is 2. The lowest BCUT2D eigenvalue weighted by molar-refractivity contribution is -0.757. The molecule has 0 unspecified atom stereocenters. The Morgan fingerprint density at radius 1 is 1.06 bits per heavy atom. The Bertz CT molecular complexity index is 1040. The van der Waals surface area contributed by atoms with Gasteiger partial charge in [-0.1, -0.05) is 19.4 Å². The molecular formula is C17H15F8NO8S. The van der Waals surface area contributed by atoms with Crippen molar-refractivity contribution in [2.45, 2.75) is 30.0 Å². The van der Waals surface area contributed by atoms with Gasteiger partial charge in [-0.25, -0.2) is 4.79 Å². The number of hydrogen-bond donors (Lipinski definition) is 0. The highest BCUT2D eigenvalue weighted by molar-refractivity contribution is 8.45. The molecule has 0 spiro atoms. The molecule has 35 heavy (non-hydrogen) atoms. The van der Waals surface area contributed by atoms with Crippen LogP contribution in [0.3, 0.4) is 0 Å². The molecule has 1 aliphatic heterocycles. The van der Waals surface area contributed by atoms with Crippen LogP contribution in [0.25, 0.3) is 6.08 Å². The van der Waals surface area contributed by atoms with Crippen LogP contribution in [0.15, 0.2) is 28.7 Å². The van der Waals surface area contributed by atoms with E-state index in [0.29, 0.717) is 0 Å². The molecule has 1 aliphatic rings. The summed E-state index contributed by atoms with van der Waals surface area (Å²) in [5.41, 5.74) is -2.20. The van der Waals surface area contributed by atoms with E-state index in [-0.39, 0.29) is 37.1 Å². The van der Waals surface area contributed by atoms with E-state index in [4.69, 9.17) is 0 Å². The van der Waals surface area contributed by atoms with E-state index in [0.717, 1.165) is 0 Å². The van der Waals surface area contributed by atoms with Crippen molar-refractivity contribution in [3.05, 3.63) is 39.4 Å². The number of ether oxygens (including phenoxy) is 3. The van der Waals surface area contributed by atoms with E-state index in [2.05, 4.69) is 19.0 Å². The predicted octanol–water partition coefficient (Wildman–Crippen LogP) is 5.13. The average Bonchev–Trinajstić information content (AvgIpc) is 2.70. The predicted molar refractivity (Wildman–Crippen MR) is 100 cm³/mol. The van der Waals surface area contributed by atoms with Crippen molar-refractivity contribution in [3.8, 4) is 5.75 Å². The summed E-state index contributed by atoms with van der Waals surface area (Å²) in [6, 6.07) is -0.0138. The van der Waals surface area contributed by atoms with Gasteiger partial charge in [0.05, 0.1) is 12.2 Å². The Morgan fingerprint density at radius 3 is 2.26 bits per heavy atom. The number of hydrogen-bond acceptors (Lipinski definition) is 8. The summed E-state index contributed by atoms with van der Waals surface area (Å²) in [4.78, 5) is 35.0. The maximum atomic E-state index is 13.3. The number of benzene rings is 1. The fraction of sp³-hybridized carbons (Fsp3) is 0.412. The van der Waals surface area contributed by atoms with Crippen molar-refractivity contribution >= 4 is 28.2 Å². The maximum Gasteiger partial charge on any atom is 0.430 e. The first-order valence-corrected chi connectivity index (χ1v) is 11.2. The van der Waals surface area contributed by atoms with E-state index in [1.807, 2.05) is 0 Å². The van der Waals surface area contributed by atoms with E-state index in [1.54, 1.807) is 0 Å². The molecule has 198 valence electrons. The average molecular weight is 545 g/mol. The Labute approximate surface area is 190 Å². The summed E-state index contributed by atoms with van der Waals surface area (Å²) in [6.07, 6.45) is -8.36. The minimum absolute atomic E-state index is 0.0997. The Kier molecular flexibility index (Phi) is 7.22. The fourth-order valence-corrected chi connectivity index (χ4v) is 3.31. The van der Waals surface area contributed by atoms with Gasteiger partial charge in [-0.2, -0.15) is 13.2 Å². The number of halogens is 8. The van der Waals surface area contributed by atoms with Crippen LogP contribution < -0.4 is 4.74 Å². The minimum atomic E-state index is -10.2. The normalized spacial score (nSPS) is 17.6. The van der Waals surface area contributed by atoms with Gasteiger partial charge in [0.2, 0.25) is 6.10 Å². The Balaban J connectivity index is 2.09. The quantitative estimate of drug-likeness (QED) is 0.131.